The molecular weight excluding hydrogens is 347 g/mol. The van der Waals surface area contributed by atoms with Crippen LogP contribution < -0.4 is 16.8 Å². The number of anilines is 1. The molecule has 1 aromatic heterocycles. The van der Waals surface area contributed by atoms with Crippen molar-refractivity contribution in [1.29, 1.82) is 0 Å². The zero-order valence-electron chi connectivity index (χ0n) is 15.4. The number of nitrogens with zero attached hydrogens (tertiary/aromatic N) is 3. The molecule has 1 unspecified atom stereocenters. The Bertz CT molecular complexity index is 820. The number of nitrogens with two attached hydrogens (primary N) is 2. The quantitative estimate of drug-likeness (QED) is 0.685. The van der Waals surface area contributed by atoms with Crippen molar-refractivity contribution in [1.82, 2.24) is 14.9 Å². The van der Waals surface area contributed by atoms with Crippen LogP contribution in [0.15, 0.2) is 24.4 Å². The number of hydrogen-bond donors (Lipinski definition) is 3. The first kappa shape index (κ1) is 19.2. The fourth-order valence-corrected chi connectivity index (χ4v) is 3.26. The van der Waals surface area contributed by atoms with Crippen LogP contribution in [0.25, 0.3) is 11.1 Å². The molecule has 3 rings (SSSR count). The molecule has 1 aliphatic heterocycles. The minimum absolute atomic E-state index is 0.170. The molecule has 1 aromatic carbocycles. The van der Waals surface area contributed by atoms with Crippen molar-refractivity contribution in [3.05, 3.63) is 41.5 Å². The van der Waals surface area contributed by atoms with Gasteiger partial charge in [-0.3, -0.25) is 4.79 Å². The zero-order chi connectivity index (χ0) is 19.4. The topological polar surface area (TPSA) is 110 Å². The predicted molar refractivity (Wildman–Crippen MR) is 103 cm³/mol. The Morgan fingerprint density at radius 3 is 2.78 bits per heavy atom. The van der Waals surface area contributed by atoms with E-state index in [1.807, 2.05) is 6.92 Å². The van der Waals surface area contributed by atoms with Crippen LogP contribution in [0, 0.1) is 5.82 Å². The lowest BCUT2D eigenvalue weighted by Crippen LogP contribution is -2.26. The average molecular weight is 372 g/mol. The van der Waals surface area contributed by atoms with Crippen molar-refractivity contribution in [3.8, 4) is 11.1 Å². The predicted octanol–water partition coefficient (Wildman–Crippen LogP) is 1.91. The maximum Gasteiger partial charge on any atom is 0.251 e. The second-order valence-electron chi connectivity index (χ2n) is 6.82. The standard InChI is InChI=1S/C19H25FN6O/c1-12(21)17-15(13-4-5-16(20)14(10-13)18(22)27)11-24-19(25-17)23-6-9-26-7-2-3-8-26/h4-5,10-12H,2-3,6-9,21H2,1H3,(H2,22,27)(H,23,24,25). The number of likely N-dealkylation sites (tertiary alicyclic amines) is 1. The van der Waals surface area contributed by atoms with E-state index in [0.29, 0.717) is 22.8 Å². The van der Waals surface area contributed by atoms with E-state index < -0.39 is 11.7 Å². The number of carbonyl (C=O) groups is 1. The van der Waals surface area contributed by atoms with Crippen molar-refractivity contribution in [2.24, 2.45) is 11.5 Å². The Morgan fingerprint density at radius 1 is 1.37 bits per heavy atom. The number of rotatable bonds is 7. The van der Waals surface area contributed by atoms with E-state index in [0.717, 1.165) is 26.2 Å². The van der Waals surface area contributed by atoms with Crippen LogP contribution in [0.5, 0.6) is 0 Å². The molecule has 0 spiro atoms. The lowest BCUT2D eigenvalue weighted by atomic mass is 10.00. The Labute approximate surface area is 158 Å². The first-order valence-electron chi connectivity index (χ1n) is 9.14. The first-order chi connectivity index (χ1) is 13.0. The van der Waals surface area contributed by atoms with E-state index >= 15 is 0 Å². The van der Waals surface area contributed by atoms with Gasteiger partial charge in [0.05, 0.1) is 11.3 Å². The zero-order valence-corrected chi connectivity index (χ0v) is 15.4. The van der Waals surface area contributed by atoms with Gasteiger partial charge in [-0.05, 0) is 50.6 Å². The summed E-state index contributed by atoms with van der Waals surface area (Å²) in [5, 5.41) is 3.23. The molecule has 144 valence electrons. The third kappa shape index (κ3) is 4.58. The number of nitrogens with one attached hydrogen (secondary N) is 1. The summed E-state index contributed by atoms with van der Waals surface area (Å²) in [7, 11) is 0. The van der Waals surface area contributed by atoms with Gasteiger partial charge in [-0.25, -0.2) is 14.4 Å². The van der Waals surface area contributed by atoms with Gasteiger partial charge in [0.15, 0.2) is 0 Å². The number of hydrogen-bond acceptors (Lipinski definition) is 6. The van der Waals surface area contributed by atoms with Crippen molar-refractivity contribution in [2.45, 2.75) is 25.8 Å². The highest BCUT2D eigenvalue weighted by molar-refractivity contribution is 5.94. The summed E-state index contributed by atoms with van der Waals surface area (Å²) in [5.74, 6) is -0.977. The molecule has 1 amide bonds. The van der Waals surface area contributed by atoms with Crippen LogP contribution >= 0.6 is 0 Å². The number of amides is 1. The average Bonchev–Trinajstić information content (AvgIpc) is 3.15. The second-order valence-corrected chi connectivity index (χ2v) is 6.82. The van der Waals surface area contributed by atoms with Crippen LogP contribution in [0.3, 0.4) is 0 Å². The van der Waals surface area contributed by atoms with Crippen molar-refractivity contribution in [2.75, 3.05) is 31.5 Å². The molecule has 1 fully saturated rings. The van der Waals surface area contributed by atoms with E-state index in [2.05, 4.69) is 20.2 Å². The van der Waals surface area contributed by atoms with E-state index in [9.17, 15) is 9.18 Å². The molecule has 2 heterocycles. The van der Waals surface area contributed by atoms with Gasteiger partial charge in [0, 0.05) is 30.9 Å². The van der Waals surface area contributed by atoms with Crippen LogP contribution in [-0.2, 0) is 0 Å². The van der Waals surface area contributed by atoms with Crippen molar-refractivity contribution in [3.63, 3.8) is 0 Å². The summed E-state index contributed by atoms with van der Waals surface area (Å²) in [6.07, 6.45) is 4.15. The molecule has 8 heteroatoms. The Hall–Kier alpha value is -2.58. The van der Waals surface area contributed by atoms with Crippen LogP contribution in [0.1, 0.15) is 41.9 Å². The molecule has 0 bridgehead atoms. The molecule has 7 nitrogen and oxygen atoms in total. The number of halogens is 1. The smallest absolute Gasteiger partial charge is 0.251 e. The van der Waals surface area contributed by atoms with Gasteiger partial charge in [-0.2, -0.15) is 0 Å². The fraction of sp³-hybridized carbons (Fsp3) is 0.421. The highest BCUT2D eigenvalue weighted by atomic mass is 19.1. The molecular formula is C19H25FN6O. The van der Waals surface area contributed by atoms with Gasteiger partial charge >= 0.3 is 0 Å². The second kappa shape index (κ2) is 8.41. The van der Waals surface area contributed by atoms with Gasteiger partial charge in [-0.15, -0.1) is 0 Å². The van der Waals surface area contributed by atoms with E-state index in [-0.39, 0.29) is 11.6 Å². The molecule has 0 radical (unpaired) electrons. The van der Waals surface area contributed by atoms with Gasteiger partial charge in [0.2, 0.25) is 5.95 Å². The number of primary amides is 1. The third-order valence-corrected chi connectivity index (χ3v) is 4.70. The minimum atomic E-state index is -0.821. The van der Waals surface area contributed by atoms with Crippen LogP contribution in [0.4, 0.5) is 10.3 Å². The van der Waals surface area contributed by atoms with E-state index in [1.165, 1.54) is 25.0 Å². The Kier molecular flexibility index (Phi) is 5.98. The van der Waals surface area contributed by atoms with Crippen molar-refractivity contribution < 1.29 is 9.18 Å². The number of aromatic nitrogens is 2. The molecule has 5 N–H and O–H groups in total. The SMILES string of the molecule is CC(N)c1nc(NCCN2CCCC2)ncc1-c1ccc(F)c(C(N)=O)c1. The molecule has 0 aliphatic carbocycles. The van der Waals surface area contributed by atoms with Gasteiger partial charge in [0.1, 0.15) is 5.82 Å². The molecule has 27 heavy (non-hydrogen) atoms. The summed E-state index contributed by atoms with van der Waals surface area (Å²) in [6.45, 7) is 5.79. The highest BCUT2D eigenvalue weighted by Gasteiger charge is 2.17. The fourth-order valence-electron chi connectivity index (χ4n) is 3.26. The lowest BCUT2D eigenvalue weighted by Gasteiger charge is -2.17. The van der Waals surface area contributed by atoms with Gasteiger partial charge < -0.3 is 21.7 Å². The number of carbonyl (C=O) groups excluding carboxylic acids is 1. The maximum atomic E-state index is 13.8. The largest absolute Gasteiger partial charge is 0.366 e. The van der Waals surface area contributed by atoms with Gasteiger partial charge in [-0.1, -0.05) is 6.07 Å². The monoisotopic (exact) mass is 372 g/mol. The van der Waals surface area contributed by atoms with Gasteiger partial charge in [0.25, 0.3) is 5.91 Å². The Morgan fingerprint density at radius 2 is 2.11 bits per heavy atom. The minimum Gasteiger partial charge on any atom is -0.366 e. The summed E-state index contributed by atoms with van der Waals surface area (Å²) in [5.41, 5.74) is 13.0. The maximum absolute atomic E-state index is 13.8. The molecule has 1 saturated heterocycles. The lowest BCUT2D eigenvalue weighted by molar-refractivity contribution is 0.0996. The molecule has 2 aromatic rings. The number of benzene rings is 1. The Balaban J connectivity index is 1.81. The summed E-state index contributed by atoms with van der Waals surface area (Å²) >= 11 is 0. The summed E-state index contributed by atoms with van der Waals surface area (Å²) in [4.78, 5) is 22.7. The third-order valence-electron chi connectivity index (χ3n) is 4.70. The molecule has 1 aliphatic rings. The molecule has 0 saturated carbocycles. The van der Waals surface area contributed by atoms with Crippen molar-refractivity contribution >= 4 is 11.9 Å². The highest BCUT2D eigenvalue weighted by Crippen LogP contribution is 2.27. The van der Waals surface area contributed by atoms with E-state index in [4.69, 9.17) is 11.5 Å². The van der Waals surface area contributed by atoms with Crippen LogP contribution in [-0.4, -0.2) is 47.0 Å². The molecule has 1 atom stereocenters. The normalized spacial score (nSPS) is 15.7. The van der Waals surface area contributed by atoms with Crippen LogP contribution in [0.2, 0.25) is 0 Å². The first-order valence-corrected chi connectivity index (χ1v) is 9.14. The summed E-state index contributed by atoms with van der Waals surface area (Å²) in [6, 6.07) is 3.82. The summed E-state index contributed by atoms with van der Waals surface area (Å²) < 4.78 is 13.8. The van der Waals surface area contributed by atoms with E-state index in [1.54, 1.807) is 12.3 Å².